The van der Waals surface area contributed by atoms with Gasteiger partial charge in [-0.1, -0.05) is 6.07 Å². The van der Waals surface area contributed by atoms with E-state index in [9.17, 15) is 5.11 Å². The van der Waals surface area contributed by atoms with Gasteiger partial charge in [-0.05, 0) is 55.7 Å². The molecule has 1 aliphatic heterocycles. The first-order valence-electron chi connectivity index (χ1n) is 10.7. The van der Waals surface area contributed by atoms with Gasteiger partial charge < -0.3 is 20.6 Å². The second-order valence-electron chi connectivity index (χ2n) is 8.14. The van der Waals surface area contributed by atoms with Crippen LogP contribution in [0.1, 0.15) is 42.4 Å². The van der Waals surface area contributed by atoms with E-state index in [2.05, 4.69) is 37.9 Å². The molecule has 2 aromatic rings. The average molecular weight is 397 g/mol. The van der Waals surface area contributed by atoms with Crippen molar-refractivity contribution in [3.8, 4) is 5.75 Å². The van der Waals surface area contributed by atoms with E-state index in [1.54, 1.807) is 7.05 Å². The van der Waals surface area contributed by atoms with Crippen LogP contribution in [0, 0.1) is 0 Å². The number of aryl methyl sites for hydroxylation is 2. The quantitative estimate of drug-likeness (QED) is 0.546. The summed E-state index contributed by atoms with van der Waals surface area (Å²) in [6.07, 6.45) is 10.8. The van der Waals surface area contributed by atoms with E-state index in [4.69, 9.17) is 0 Å². The Kier molecular flexibility index (Phi) is 5.92. The number of aliphatic imine (C=N–C) groups is 1. The van der Waals surface area contributed by atoms with Gasteiger partial charge in [-0.15, -0.1) is 0 Å². The molecule has 2 heterocycles. The first kappa shape index (κ1) is 19.6. The van der Waals surface area contributed by atoms with Crippen molar-refractivity contribution in [3.63, 3.8) is 0 Å². The highest BCUT2D eigenvalue weighted by atomic mass is 16.3. The van der Waals surface area contributed by atoms with E-state index in [1.165, 1.54) is 29.7 Å². The number of hydrogen-bond donors (Lipinski definition) is 3. The third kappa shape index (κ3) is 4.49. The maximum absolute atomic E-state index is 10.4. The van der Waals surface area contributed by atoms with Crippen LogP contribution in [0.4, 0.5) is 5.69 Å². The van der Waals surface area contributed by atoms with Crippen molar-refractivity contribution in [3.05, 3.63) is 41.2 Å². The number of hydrogen-bond acceptors (Lipinski definition) is 4. The Balaban J connectivity index is 1.38. The molecule has 0 amide bonds. The lowest BCUT2D eigenvalue weighted by molar-refractivity contribution is 0.460. The van der Waals surface area contributed by atoms with Crippen LogP contribution in [0.2, 0.25) is 0 Å². The molecule has 0 spiro atoms. The number of aromatic nitrogens is 2. The summed E-state index contributed by atoms with van der Waals surface area (Å²) >= 11 is 0. The molecular weight excluding hydrogens is 364 g/mol. The van der Waals surface area contributed by atoms with Crippen LogP contribution in [0.15, 0.2) is 29.5 Å². The van der Waals surface area contributed by atoms with E-state index in [0.717, 1.165) is 50.3 Å². The van der Waals surface area contributed by atoms with Crippen molar-refractivity contribution < 1.29 is 5.11 Å². The Labute approximate surface area is 172 Å². The third-order valence-electron chi connectivity index (χ3n) is 6.10. The number of phenols is 1. The number of fused-ring (bicyclic) bond motifs is 1. The van der Waals surface area contributed by atoms with Crippen molar-refractivity contribution in [2.45, 2.75) is 51.1 Å². The molecule has 4 rings (SSSR count). The molecule has 0 saturated carbocycles. The van der Waals surface area contributed by atoms with Gasteiger partial charge in [-0.25, -0.2) is 0 Å². The molecule has 1 aromatic carbocycles. The van der Waals surface area contributed by atoms with Crippen LogP contribution in [0.3, 0.4) is 0 Å². The molecule has 0 radical (unpaired) electrons. The summed E-state index contributed by atoms with van der Waals surface area (Å²) in [7, 11) is 3.75. The van der Waals surface area contributed by atoms with Crippen LogP contribution in [0.5, 0.6) is 5.75 Å². The van der Waals surface area contributed by atoms with Crippen LogP contribution in [0.25, 0.3) is 0 Å². The largest absolute Gasteiger partial charge is 0.508 e. The summed E-state index contributed by atoms with van der Waals surface area (Å²) < 4.78 is 1.85. The Morgan fingerprint density at radius 2 is 2.14 bits per heavy atom. The SMILES string of the molecule is CN=C(NCc1c(O)ccc2c1CCCC2)NC1CCCN(c2cnn(C)c2)C1. The maximum atomic E-state index is 10.4. The Hall–Kier alpha value is -2.70. The third-order valence-corrected chi connectivity index (χ3v) is 6.10. The fraction of sp³-hybridized carbons (Fsp3) is 0.545. The molecule has 1 saturated heterocycles. The van der Waals surface area contributed by atoms with Gasteiger partial charge >= 0.3 is 0 Å². The number of benzene rings is 1. The predicted octanol–water partition coefficient (Wildman–Crippen LogP) is 2.34. The normalized spacial score (nSPS) is 19.7. The van der Waals surface area contributed by atoms with Crippen molar-refractivity contribution in [2.75, 3.05) is 25.0 Å². The lowest BCUT2D eigenvalue weighted by atomic mass is 9.88. The van der Waals surface area contributed by atoms with Crippen molar-refractivity contribution in [1.82, 2.24) is 20.4 Å². The molecule has 1 fully saturated rings. The zero-order chi connectivity index (χ0) is 20.2. The molecule has 1 unspecified atom stereocenters. The second-order valence-corrected chi connectivity index (χ2v) is 8.14. The van der Waals surface area contributed by atoms with E-state index in [1.807, 2.05) is 24.0 Å². The highest BCUT2D eigenvalue weighted by Gasteiger charge is 2.22. The van der Waals surface area contributed by atoms with E-state index >= 15 is 0 Å². The van der Waals surface area contributed by atoms with Gasteiger partial charge in [0, 0.05) is 51.5 Å². The van der Waals surface area contributed by atoms with Crippen LogP contribution >= 0.6 is 0 Å². The fourth-order valence-corrected chi connectivity index (χ4v) is 4.55. The average Bonchev–Trinajstić information content (AvgIpc) is 3.18. The molecule has 156 valence electrons. The number of phenolic OH excluding ortho intramolecular Hbond substituents is 1. The maximum Gasteiger partial charge on any atom is 0.191 e. The number of nitrogens with zero attached hydrogens (tertiary/aromatic N) is 4. The molecular formula is C22H32N6O. The zero-order valence-electron chi connectivity index (χ0n) is 17.5. The first-order valence-corrected chi connectivity index (χ1v) is 10.7. The smallest absolute Gasteiger partial charge is 0.191 e. The highest BCUT2D eigenvalue weighted by molar-refractivity contribution is 5.80. The van der Waals surface area contributed by atoms with Gasteiger partial charge in [-0.2, -0.15) is 5.10 Å². The summed E-state index contributed by atoms with van der Waals surface area (Å²) in [4.78, 5) is 6.79. The van der Waals surface area contributed by atoms with Gasteiger partial charge in [0.2, 0.25) is 0 Å². The topological polar surface area (TPSA) is 77.7 Å². The number of guanidine groups is 1. The molecule has 29 heavy (non-hydrogen) atoms. The summed E-state index contributed by atoms with van der Waals surface area (Å²) in [5.74, 6) is 1.17. The lowest BCUT2D eigenvalue weighted by Gasteiger charge is -2.34. The molecule has 1 atom stereocenters. The van der Waals surface area contributed by atoms with Crippen molar-refractivity contribution >= 4 is 11.6 Å². The highest BCUT2D eigenvalue weighted by Crippen LogP contribution is 2.30. The molecule has 2 aliphatic rings. The molecule has 1 aromatic heterocycles. The van der Waals surface area contributed by atoms with Gasteiger partial charge in [0.25, 0.3) is 0 Å². The van der Waals surface area contributed by atoms with E-state index < -0.39 is 0 Å². The van der Waals surface area contributed by atoms with Crippen LogP contribution in [-0.2, 0) is 26.4 Å². The Bertz CT molecular complexity index is 874. The van der Waals surface area contributed by atoms with Gasteiger partial charge in [-0.3, -0.25) is 9.67 Å². The monoisotopic (exact) mass is 396 g/mol. The standard InChI is InChI=1S/C22H32N6O/c1-23-22(24-13-20-19-8-4-3-6-16(19)9-10-21(20)29)26-17-7-5-11-28(14-17)18-12-25-27(2)15-18/h9-10,12,15,17,29H,3-8,11,13-14H2,1-2H3,(H2,23,24,26). The van der Waals surface area contributed by atoms with Crippen LogP contribution < -0.4 is 15.5 Å². The molecule has 7 nitrogen and oxygen atoms in total. The first-order chi connectivity index (χ1) is 14.1. The predicted molar refractivity (Wildman–Crippen MR) is 117 cm³/mol. The van der Waals surface area contributed by atoms with Crippen molar-refractivity contribution in [1.29, 1.82) is 0 Å². The van der Waals surface area contributed by atoms with Gasteiger partial charge in [0.05, 0.1) is 11.9 Å². The minimum atomic E-state index is 0.327. The Morgan fingerprint density at radius 1 is 1.28 bits per heavy atom. The van der Waals surface area contributed by atoms with E-state index in [0.29, 0.717) is 18.3 Å². The van der Waals surface area contributed by atoms with Gasteiger partial charge in [0.1, 0.15) is 5.75 Å². The second kappa shape index (κ2) is 8.76. The number of anilines is 1. The number of rotatable bonds is 4. The summed E-state index contributed by atoms with van der Waals surface area (Å²) in [5, 5.41) is 21.7. The van der Waals surface area contributed by atoms with Crippen LogP contribution in [-0.4, -0.2) is 47.0 Å². The number of piperidine rings is 1. The number of nitrogens with one attached hydrogen (secondary N) is 2. The Morgan fingerprint density at radius 3 is 2.93 bits per heavy atom. The zero-order valence-corrected chi connectivity index (χ0v) is 17.5. The fourth-order valence-electron chi connectivity index (χ4n) is 4.55. The minimum Gasteiger partial charge on any atom is -0.508 e. The van der Waals surface area contributed by atoms with Gasteiger partial charge in [0.15, 0.2) is 5.96 Å². The summed E-state index contributed by atoms with van der Waals surface area (Å²) in [6.45, 7) is 2.58. The van der Waals surface area contributed by atoms with Crippen molar-refractivity contribution in [2.24, 2.45) is 12.0 Å². The molecule has 7 heteroatoms. The molecule has 0 bridgehead atoms. The minimum absolute atomic E-state index is 0.327. The lowest BCUT2D eigenvalue weighted by Crippen LogP contribution is -2.51. The van der Waals surface area contributed by atoms with E-state index in [-0.39, 0.29) is 0 Å². The molecule has 1 aliphatic carbocycles. The number of aromatic hydroxyl groups is 1. The molecule has 3 N–H and O–H groups in total. The summed E-state index contributed by atoms with van der Waals surface area (Å²) in [6, 6.07) is 4.24. The summed E-state index contributed by atoms with van der Waals surface area (Å²) in [5.41, 5.74) is 4.89.